The lowest BCUT2D eigenvalue weighted by Gasteiger charge is -2.40. The van der Waals surface area contributed by atoms with Crippen LogP contribution in [0.1, 0.15) is 19.8 Å². The highest BCUT2D eigenvalue weighted by Gasteiger charge is 2.28. The maximum Gasteiger partial charge on any atom is 0.240 e. The van der Waals surface area contributed by atoms with Gasteiger partial charge in [0.1, 0.15) is 5.38 Å². The molecule has 1 amide bonds. The number of rotatable bonds is 2. The second-order valence-electron chi connectivity index (χ2n) is 4.82. The molecule has 0 aliphatic carbocycles. The van der Waals surface area contributed by atoms with Crippen LogP contribution in [-0.4, -0.2) is 64.8 Å². The van der Waals surface area contributed by atoms with E-state index in [0.717, 1.165) is 32.2 Å². The van der Waals surface area contributed by atoms with Gasteiger partial charge in [0.2, 0.25) is 5.91 Å². The number of piperazine rings is 1. The summed E-state index contributed by atoms with van der Waals surface area (Å²) in [6, 6.07) is 0.752. The molecule has 0 N–H and O–H groups in total. The minimum Gasteiger partial charge on any atom is -0.339 e. The van der Waals surface area contributed by atoms with Gasteiger partial charge in [0.05, 0.1) is 0 Å². The van der Waals surface area contributed by atoms with Gasteiger partial charge in [0, 0.05) is 32.2 Å². The molecule has 0 aromatic rings. The van der Waals surface area contributed by atoms with Gasteiger partial charge in [0.25, 0.3) is 0 Å². The first kappa shape index (κ1) is 13.5. The number of hydrogen-bond donors (Lipinski definition) is 0. The van der Waals surface area contributed by atoms with E-state index in [1.807, 2.05) is 4.90 Å². The van der Waals surface area contributed by atoms with Crippen molar-refractivity contribution in [2.45, 2.75) is 31.2 Å². The average Bonchev–Trinajstić information content (AvgIpc) is 2.39. The number of nitrogens with zero attached hydrogens (tertiary/aromatic N) is 2. The molecule has 2 heterocycles. The zero-order valence-electron chi connectivity index (χ0n) is 10.4. The van der Waals surface area contributed by atoms with Crippen molar-refractivity contribution in [2.75, 3.05) is 37.7 Å². The Balaban J connectivity index is 1.79. The van der Waals surface area contributed by atoms with E-state index in [4.69, 9.17) is 11.6 Å². The van der Waals surface area contributed by atoms with Crippen LogP contribution in [0.4, 0.5) is 0 Å². The first-order valence-electron chi connectivity index (χ1n) is 6.43. The van der Waals surface area contributed by atoms with Crippen LogP contribution in [-0.2, 0) is 4.79 Å². The molecule has 5 heteroatoms. The molecule has 17 heavy (non-hydrogen) atoms. The molecule has 0 aromatic heterocycles. The molecule has 2 saturated heterocycles. The van der Waals surface area contributed by atoms with E-state index in [2.05, 4.69) is 16.7 Å². The minimum absolute atomic E-state index is 0.0884. The number of carbonyl (C=O) groups excluding carboxylic acids is 1. The van der Waals surface area contributed by atoms with Gasteiger partial charge in [-0.3, -0.25) is 9.69 Å². The maximum atomic E-state index is 11.8. The summed E-state index contributed by atoms with van der Waals surface area (Å²) in [4.78, 5) is 16.2. The third-order valence-corrected chi connectivity index (χ3v) is 4.91. The van der Waals surface area contributed by atoms with Crippen LogP contribution in [0.2, 0.25) is 0 Å². The lowest BCUT2D eigenvalue weighted by atomic mass is 10.1. The van der Waals surface area contributed by atoms with Crippen molar-refractivity contribution in [3.63, 3.8) is 0 Å². The van der Waals surface area contributed by atoms with Crippen LogP contribution in [0.5, 0.6) is 0 Å². The Morgan fingerprint density at radius 2 is 1.82 bits per heavy atom. The minimum atomic E-state index is -0.382. The van der Waals surface area contributed by atoms with E-state index >= 15 is 0 Å². The lowest BCUT2D eigenvalue weighted by molar-refractivity contribution is -0.132. The summed E-state index contributed by atoms with van der Waals surface area (Å²) in [5.41, 5.74) is 0. The highest BCUT2D eigenvalue weighted by Crippen LogP contribution is 2.22. The second-order valence-corrected chi connectivity index (χ2v) is 6.70. The summed E-state index contributed by atoms with van der Waals surface area (Å²) in [5.74, 6) is 2.68. The highest BCUT2D eigenvalue weighted by atomic mass is 35.5. The van der Waals surface area contributed by atoms with E-state index in [1.165, 1.54) is 24.3 Å². The van der Waals surface area contributed by atoms with E-state index < -0.39 is 0 Å². The fourth-order valence-corrected chi connectivity index (χ4v) is 3.83. The molecule has 0 radical (unpaired) electrons. The van der Waals surface area contributed by atoms with Crippen LogP contribution in [0, 0.1) is 0 Å². The Morgan fingerprint density at radius 3 is 2.35 bits per heavy atom. The van der Waals surface area contributed by atoms with Crippen molar-refractivity contribution in [3.8, 4) is 0 Å². The van der Waals surface area contributed by atoms with Crippen LogP contribution in [0.25, 0.3) is 0 Å². The number of hydrogen-bond acceptors (Lipinski definition) is 3. The molecule has 2 rings (SSSR count). The molecule has 2 aliphatic rings. The maximum absolute atomic E-state index is 11.8. The van der Waals surface area contributed by atoms with E-state index in [-0.39, 0.29) is 11.3 Å². The predicted octanol–water partition coefficient (Wildman–Crippen LogP) is 1.65. The summed E-state index contributed by atoms with van der Waals surface area (Å²) in [5, 5.41) is -0.382. The van der Waals surface area contributed by atoms with Gasteiger partial charge in [-0.25, -0.2) is 0 Å². The number of alkyl halides is 1. The van der Waals surface area contributed by atoms with E-state index in [9.17, 15) is 4.79 Å². The summed E-state index contributed by atoms with van der Waals surface area (Å²) in [6.07, 6.45) is 2.62. The fraction of sp³-hybridized carbons (Fsp3) is 0.917. The van der Waals surface area contributed by atoms with E-state index in [0.29, 0.717) is 0 Å². The van der Waals surface area contributed by atoms with Gasteiger partial charge in [-0.1, -0.05) is 0 Å². The molecule has 0 unspecified atom stereocenters. The number of carbonyl (C=O) groups is 1. The summed E-state index contributed by atoms with van der Waals surface area (Å²) in [6.45, 7) is 5.49. The quantitative estimate of drug-likeness (QED) is 0.717. The Labute approximate surface area is 113 Å². The Morgan fingerprint density at radius 1 is 1.24 bits per heavy atom. The molecule has 0 bridgehead atoms. The van der Waals surface area contributed by atoms with Crippen molar-refractivity contribution in [1.82, 2.24) is 9.80 Å². The largest absolute Gasteiger partial charge is 0.339 e. The van der Waals surface area contributed by atoms with Crippen LogP contribution < -0.4 is 0 Å². The number of thioether (sulfide) groups is 1. The standard InChI is InChI=1S/C12H21ClN2OS/c1-10(13)12(16)15-6-4-14(5-7-15)11-2-8-17-9-3-11/h10-11H,2-9H2,1H3/t10-/m1/s1. The molecule has 2 aliphatic heterocycles. The number of halogens is 1. The third kappa shape index (κ3) is 3.52. The van der Waals surface area contributed by atoms with Crippen molar-refractivity contribution in [2.24, 2.45) is 0 Å². The zero-order valence-corrected chi connectivity index (χ0v) is 12.0. The molecule has 3 nitrogen and oxygen atoms in total. The van der Waals surface area contributed by atoms with Gasteiger partial charge >= 0.3 is 0 Å². The molecular weight excluding hydrogens is 256 g/mol. The molecular formula is C12H21ClN2OS. The molecule has 0 saturated carbocycles. The fourth-order valence-electron chi connectivity index (χ4n) is 2.61. The van der Waals surface area contributed by atoms with Gasteiger partial charge in [-0.15, -0.1) is 11.6 Å². The highest BCUT2D eigenvalue weighted by molar-refractivity contribution is 7.99. The monoisotopic (exact) mass is 276 g/mol. The topological polar surface area (TPSA) is 23.6 Å². The third-order valence-electron chi connectivity index (χ3n) is 3.67. The molecule has 2 fully saturated rings. The van der Waals surface area contributed by atoms with Gasteiger partial charge in [0.15, 0.2) is 0 Å². The van der Waals surface area contributed by atoms with Crippen LogP contribution in [0.15, 0.2) is 0 Å². The summed E-state index contributed by atoms with van der Waals surface area (Å²) >= 11 is 7.90. The first-order valence-corrected chi connectivity index (χ1v) is 8.02. The Kier molecular flexibility index (Phi) is 5.00. The van der Waals surface area contributed by atoms with E-state index in [1.54, 1.807) is 6.92 Å². The Hall–Kier alpha value is 0.0700. The van der Waals surface area contributed by atoms with Crippen LogP contribution in [0.3, 0.4) is 0 Å². The summed E-state index contributed by atoms with van der Waals surface area (Å²) < 4.78 is 0. The van der Waals surface area contributed by atoms with Crippen LogP contribution >= 0.6 is 23.4 Å². The van der Waals surface area contributed by atoms with Crippen molar-refractivity contribution in [1.29, 1.82) is 0 Å². The lowest BCUT2D eigenvalue weighted by Crippen LogP contribution is -2.53. The van der Waals surface area contributed by atoms with Crippen molar-refractivity contribution >= 4 is 29.3 Å². The molecule has 0 spiro atoms. The normalized spacial score (nSPS) is 25.9. The second kappa shape index (κ2) is 6.30. The average molecular weight is 277 g/mol. The molecule has 98 valence electrons. The smallest absolute Gasteiger partial charge is 0.240 e. The van der Waals surface area contributed by atoms with Crippen molar-refractivity contribution < 1.29 is 4.79 Å². The van der Waals surface area contributed by atoms with Gasteiger partial charge in [-0.05, 0) is 31.3 Å². The predicted molar refractivity (Wildman–Crippen MR) is 73.8 cm³/mol. The van der Waals surface area contributed by atoms with Gasteiger partial charge in [-0.2, -0.15) is 11.8 Å². The first-order chi connectivity index (χ1) is 8.18. The summed E-state index contributed by atoms with van der Waals surface area (Å²) in [7, 11) is 0. The zero-order chi connectivity index (χ0) is 12.3. The SMILES string of the molecule is C[C@@H](Cl)C(=O)N1CCN(C2CCSCC2)CC1. The molecule has 0 aromatic carbocycles. The van der Waals surface area contributed by atoms with Gasteiger partial charge < -0.3 is 4.90 Å². The number of amides is 1. The Bertz CT molecular complexity index is 261. The van der Waals surface area contributed by atoms with Crippen molar-refractivity contribution in [3.05, 3.63) is 0 Å². The molecule has 1 atom stereocenters.